The van der Waals surface area contributed by atoms with E-state index >= 15 is 0 Å². The second-order valence-electron chi connectivity index (χ2n) is 5.98. The summed E-state index contributed by atoms with van der Waals surface area (Å²) < 4.78 is 6.97. The molecule has 0 saturated carbocycles. The van der Waals surface area contributed by atoms with Crippen molar-refractivity contribution in [2.45, 2.75) is 52.5 Å². The van der Waals surface area contributed by atoms with E-state index in [1.54, 1.807) is 0 Å². The molecule has 0 aromatic heterocycles. The minimum atomic E-state index is 0.285. The van der Waals surface area contributed by atoms with Crippen molar-refractivity contribution < 1.29 is 4.74 Å². The fourth-order valence-electron chi connectivity index (χ4n) is 2.61. The van der Waals surface area contributed by atoms with Gasteiger partial charge < -0.3 is 15.0 Å². The highest BCUT2D eigenvalue weighted by Crippen LogP contribution is 2.29. The average Bonchev–Trinajstić information content (AvgIpc) is 2.35. The number of halogens is 1. The summed E-state index contributed by atoms with van der Waals surface area (Å²) in [7, 11) is 0. The molecule has 0 spiro atoms. The molecule has 1 N–H and O–H groups in total. The largest absolute Gasteiger partial charge is 0.372 e. The van der Waals surface area contributed by atoms with E-state index in [9.17, 15) is 0 Å². The highest BCUT2D eigenvalue weighted by molar-refractivity contribution is 9.10. The quantitative estimate of drug-likeness (QED) is 0.906. The smallest absolute Gasteiger partial charge is 0.0726 e. The van der Waals surface area contributed by atoms with Gasteiger partial charge in [-0.15, -0.1) is 0 Å². The Morgan fingerprint density at radius 1 is 1.30 bits per heavy atom. The fourth-order valence-corrected chi connectivity index (χ4v) is 3.29. The Hall–Kier alpha value is -0.580. The van der Waals surface area contributed by atoms with E-state index in [0.29, 0.717) is 6.04 Å². The molecule has 20 heavy (non-hydrogen) atoms. The Morgan fingerprint density at radius 2 is 1.95 bits per heavy atom. The van der Waals surface area contributed by atoms with Crippen LogP contribution in [0.3, 0.4) is 0 Å². The van der Waals surface area contributed by atoms with Gasteiger partial charge in [-0.2, -0.15) is 0 Å². The molecule has 112 valence electrons. The topological polar surface area (TPSA) is 24.5 Å². The monoisotopic (exact) mass is 340 g/mol. The van der Waals surface area contributed by atoms with Gasteiger partial charge in [0.2, 0.25) is 0 Å². The minimum Gasteiger partial charge on any atom is -0.372 e. The number of rotatable bonds is 4. The predicted molar refractivity (Wildman–Crippen MR) is 88.3 cm³/mol. The van der Waals surface area contributed by atoms with Crippen LogP contribution in [0.2, 0.25) is 0 Å². The van der Waals surface area contributed by atoms with E-state index in [4.69, 9.17) is 4.74 Å². The lowest BCUT2D eigenvalue weighted by Crippen LogP contribution is -2.45. The summed E-state index contributed by atoms with van der Waals surface area (Å²) in [5.74, 6) is 0. The lowest BCUT2D eigenvalue weighted by molar-refractivity contribution is -0.00525. The molecule has 1 heterocycles. The number of anilines is 1. The summed E-state index contributed by atoms with van der Waals surface area (Å²) in [6.45, 7) is 11.4. The van der Waals surface area contributed by atoms with Crippen molar-refractivity contribution in [3.8, 4) is 0 Å². The number of nitrogens with zero attached hydrogens (tertiary/aromatic N) is 1. The zero-order valence-electron chi connectivity index (χ0n) is 12.8. The zero-order chi connectivity index (χ0) is 14.7. The number of ether oxygens (including phenoxy) is 1. The maximum Gasteiger partial charge on any atom is 0.0726 e. The van der Waals surface area contributed by atoms with Gasteiger partial charge in [0, 0.05) is 30.1 Å². The standard InChI is InChI=1S/C16H25BrN2O/c1-11(2)18-8-14-5-6-16(15(17)7-14)19-9-12(3)20-13(4)10-19/h5-7,11-13,18H,8-10H2,1-4H3/t12-,13+. The van der Waals surface area contributed by atoms with Crippen LogP contribution in [0.4, 0.5) is 5.69 Å². The van der Waals surface area contributed by atoms with Crippen molar-refractivity contribution in [3.05, 3.63) is 28.2 Å². The van der Waals surface area contributed by atoms with Crippen LogP contribution in [0.25, 0.3) is 0 Å². The summed E-state index contributed by atoms with van der Waals surface area (Å²) in [5, 5.41) is 3.45. The van der Waals surface area contributed by atoms with Gasteiger partial charge in [0.15, 0.2) is 0 Å². The highest BCUT2D eigenvalue weighted by atomic mass is 79.9. The molecule has 1 saturated heterocycles. The summed E-state index contributed by atoms with van der Waals surface area (Å²) in [6, 6.07) is 7.15. The first kappa shape index (κ1) is 15.8. The molecular weight excluding hydrogens is 316 g/mol. The Morgan fingerprint density at radius 3 is 2.50 bits per heavy atom. The van der Waals surface area contributed by atoms with Crippen LogP contribution in [0.5, 0.6) is 0 Å². The van der Waals surface area contributed by atoms with Crippen LogP contribution in [0.15, 0.2) is 22.7 Å². The second kappa shape index (κ2) is 6.92. The fraction of sp³-hybridized carbons (Fsp3) is 0.625. The molecular formula is C16H25BrN2O. The third-order valence-electron chi connectivity index (χ3n) is 3.49. The summed E-state index contributed by atoms with van der Waals surface area (Å²) in [6.07, 6.45) is 0.570. The molecule has 4 heteroatoms. The van der Waals surface area contributed by atoms with Crippen LogP contribution in [-0.4, -0.2) is 31.3 Å². The van der Waals surface area contributed by atoms with Crippen LogP contribution in [0.1, 0.15) is 33.3 Å². The molecule has 3 nitrogen and oxygen atoms in total. The molecule has 2 atom stereocenters. The lowest BCUT2D eigenvalue weighted by atomic mass is 10.1. The highest BCUT2D eigenvalue weighted by Gasteiger charge is 2.23. The molecule has 0 radical (unpaired) electrons. The van der Waals surface area contributed by atoms with E-state index in [-0.39, 0.29) is 12.2 Å². The van der Waals surface area contributed by atoms with Crippen LogP contribution < -0.4 is 10.2 Å². The molecule has 1 aromatic rings. The van der Waals surface area contributed by atoms with Crippen LogP contribution >= 0.6 is 15.9 Å². The van der Waals surface area contributed by atoms with Crippen LogP contribution in [-0.2, 0) is 11.3 Å². The van der Waals surface area contributed by atoms with E-state index < -0.39 is 0 Å². The van der Waals surface area contributed by atoms with Crippen molar-refractivity contribution in [1.82, 2.24) is 5.32 Å². The van der Waals surface area contributed by atoms with Gasteiger partial charge in [0.05, 0.1) is 17.9 Å². The van der Waals surface area contributed by atoms with E-state index in [1.165, 1.54) is 15.7 Å². The number of nitrogens with one attached hydrogen (secondary N) is 1. The third-order valence-corrected chi connectivity index (χ3v) is 4.12. The molecule has 0 unspecified atom stereocenters. The summed E-state index contributed by atoms with van der Waals surface area (Å²) in [4.78, 5) is 2.41. The Bertz CT molecular complexity index is 440. The van der Waals surface area contributed by atoms with E-state index in [2.05, 4.69) is 72.0 Å². The molecule has 1 aliphatic heterocycles. The third kappa shape index (κ3) is 4.21. The SMILES string of the molecule is CC(C)NCc1ccc(N2C[C@@H](C)O[C@@H](C)C2)c(Br)c1. The Balaban J connectivity index is 2.09. The molecule has 0 bridgehead atoms. The first-order chi connectivity index (χ1) is 9.45. The zero-order valence-corrected chi connectivity index (χ0v) is 14.4. The first-order valence-electron chi connectivity index (χ1n) is 7.38. The van der Waals surface area contributed by atoms with E-state index in [0.717, 1.165) is 19.6 Å². The van der Waals surface area contributed by atoms with Gasteiger partial charge in [-0.05, 0) is 47.5 Å². The maximum atomic E-state index is 5.80. The summed E-state index contributed by atoms with van der Waals surface area (Å²) >= 11 is 3.72. The van der Waals surface area contributed by atoms with Crippen molar-refractivity contribution in [2.24, 2.45) is 0 Å². The lowest BCUT2D eigenvalue weighted by Gasteiger charge is -2.37. The van der Waals surface area contributed by atoms with Gasteiger partial charge in [0.1, 0.15) is 0 Å². The van der Waals surface area contributed by atoms with Gasteiger partial charge >= 0.3 is 0 Å². The average molecular weight is 341 g/mol. The second-order valence-corrected chi connectivity index (χ2v) is 6.84. The Labute approximate surface area is 130 Å². The molecule has 0 amide bonds. The normalized spacial score (nSPS) is 23.4. The number of hydrogen-bond acceptors (Lipinski definition) is 3. The van der Waals surface area contributed by atoms with Crippen molar-refractivity contribution in [2.75, 3.05) is 18.0 Å². The van der Waals surface area contributed by atoms with Gasteiger partial charge in [-0.3, -0.25) is 0 Å². The Kier molecular flexibility index (Phi) is 5.47. The summed E-state index contributed by atoms with van der Waals surface area (Å²) in [5.41, 5.74) is 2.57. The molecule has 1 aromatic carbocycles. The van der Waals surface area contributed by atoms with Crippen LogP contribution in [0, 0.1) is 0 Å². The number of morpholine rings is 1. The molecule has 2 rings (SSSR count). The predicted octanol–water partition coefficient (Wildman–Crippen LogP) is 3.56. The van der Waals surface area contributed by atoms with Gasteiger partial charge in [0.25, 0.3) is 0 Å². The first-order valence-corrected chi connectivity index (χ1v) is 8.17. The molecule has 1 aliphatic rings. The van der Waals surface area contributed by atoms with Crippen molar-refractivity contribution in [1.29, 1.82) is 0 Å². The maximum absolute atomic E-state index is 5.80. The van der Waals surface area contributed by atoms with E-state index in [1.807, 2.05) is 0 Å². The van der Waals surface area contributed by atoms with Gasteiger partial charge in [-0.25, -0.2) is 0 Å². The molecule has 0 aliphatic carbocycles. The number of benzene rings is 1. The van der Waals surface area contributed by atoms with Crippen molar-refractivity contribution >= 4 is 21.6 Å². The van der Waals surface area contributed by atoms with Gasteiger partial charge in [-0.1, -0.05) is 19.9 Å². The minimum absolute atomic E-state index is 0.285. The number of hydrogen-bond donors (Lipinski definition) is 1. The molecule has 1 fully saturated rings. The van der Waals surface area contributed by atoms with Crippen molar-refractivity contribution in [3.63, 3.8) is 0 Å².